The molecule has 0 aromatic carbocycles. The fourth-order valence-electron chi connectivity index (χ4n) is 1.41. The standard InChI is InChI=1S/C9H11F3N2O/c10-9(11,12)4-5-14-7(15)8(6-13)2-1-3-8/h1-5H2,(H,14,15). The molecule has 1 fully saturated rings. The van der Waals surface area contributed by atoms with Crippen molar-refractivity contribution in [2.45, 2.75) is 31.9 Å². The van der Waals surface area contributed by atoms with Crippen LogP contribution in [0.5, 0.6) is 0 Å². The van der Waals surface area contributed by atoms with Crippen molar-refractivity contribution >= 4 is 5.91 Å². The van der Waals surface area contributed by atoms with E-state index in [1.807, 2.05) is 6.07 Å². The van der Waals surface area contributed by atoms with Crippen LogP contribution in [-0.2, 0) is 4.79 Å². The number of halogens is 3. The van der Waals surface area contributed by atoms with Crippen LogP contribution in [0.3, 0.4) is 0 Å². The van der Waals surface area contributed by atoms with E-state index in [-0.39, 0.29) is 0 Å². The maximum absolute atomic E-state index is 11.8. The van der Waals surface area contributed by atoms with Crippen molar-refractivity contribution in [3.05, 3.63) is 0 Å². The molecule has 0 spiro atoms. The molecule has 0 aromatic heterocycles. The predicted octanol–water partition coefficient (Wildman–Crippen LogP) is 1.75. The number of alkyl halides is 3. The number of nitriles is 1. The highest BCUT2D eigenvalue weighted by Crippen LogP contribution is 2.40. The first kappa shape index (κ1) is 11.8. The van der Waals surface area contributed by atoms with Crippen LogP contribution < -0.4 is 5.32 Å². The number of carbonyl (C=O) groups is 1. The van der Waals surface area contributed by atoms with E-state index >= 15 is 0 Å². The molecule has 84 valence electrons. The second kappa shape index (κ2) is 4.09. The molecule has 0 radical (unpaired) electrons. The Labute approximate surface area is 85.3 Å². The molecule has 1 saturated carbocycles. The molecule has 1 N–H and O–H groups in total. The molecule has 0 aliphatic heterocycles. The van der Waals surface area contributed by atoms with E-state index < -0.39 is 30.5 Å². The fourth-order valence-corrected chi connectivity index (χ4v) is 1.41. The monoisotopic (exact) mass is 220 g/mol. The predicted molar refractivity (Wildman–Crippen MR) is 45.6 cm³/mol. The van der Waals surface area contributed by atoms with Gasteiger partial charge >= 0.3 is 6.18 Å². The van der Waals surface area contributed by atoms with Crippen molar-refractivity contribution in [1.82, 2.24) is 5.32 Å². The second-order valence-corrected chi connectivity index (χ2v) is 3.67. The maximum atomic E-state index is 11.8. The lowest BCUT2D eigenvalue weighted by Crippen LogP contribution is -2.45. The third-order valence-electron chi connectivity index (χ3n) is 2.55. The van der Waals surface area contributed by atoms with Gasteiger partial charge in [-0.3, -0.25) is 4.79 Å². The molecular formula is C9H11F3N2O. The van der Waals surface area contributed by atoms with Gasteiger partial charge in [0.25, 0.3) is 0 Å². The Bertz CT molecular complexity index is 289. The Morgan fingerprint density at radius 2 is 2.07 bits per heavy atom. The first-order valence-electron chi connectivity index (χ1n) is 4.66. The third-order valence-corrected chi connectivity index (χ3v) is 2.55. The van der Waals surface area contributed by atoms with Gasteiger partial charge in [-0.2, -0.15) is 18.4 Å². The minimum Gasteiger partial charge on any atom is -0.354 e. The van der Waals surface area contributed by atoms with Gasteiger partial charge in [-0.05, 0) is 19.3 Å². The van der Waals surface area contributed by atoms with Crippen LogP contribution in [-0.4, -0.2) is 18.6 Å². The van der Waals surface area contributed by atoms with Crippen molar-refractivity contribution < 1.29 is 18.0 Å². The highest BCUT2D eigenvalue weighted by Gasteiger charge is 2.44. The Morgan fingerprint density at radius 1 is 1.47 bits per heavy atom. The van der Waals surface area contributed by atoms with Gasteiger partial charge in [0, 0.05) is 6.54 Å². The third kappa shape index (κ3) is 2.85. The maximum Gasteiger partial charge on any atom is 0.390 e. The molecule has 0 heterocycles. The Hall–Kier alpha value is -1.25. The lowest BCUT2D eigenvalue weighted by molar-refractivity contribution is -0.139. The molecule has 6 heteroatoms. The summed E-state index contributed by atoms with van der Waals surface area (Å²) in [5.41, 5.74) is -1.06. The summed E-state index contributed by atoms with van der Waals surface area (Å²) in [5, 5.41) is 10.9. The average molecular weight is 220 g/mol. The largest absolute Gasteiger partial charge is 0.390 e. The number of amides is 1. The summed E-state index contributed by atoms with van der Waals surface area (Å²) in [6, 6.07) is 1.87. The van der Waals surface area contributed by atoms with Crippen LogP contribution in [0.25, 0.3) is 0 Å². The van der Waals surface area contributed by atoms with Gasteiger partial charge in [-0.1, -0.05) is 0 Å². The van der Waals surface area contributed by atoms with Crippen LogP contribution in [0.15, 0.2) is 0 Å². The smallest absolute Gasteiger partial charge is 0.354 e. The number of hydrogen-bond acceptors (Lipinski definition) is 2. The second-order valence-electron chi connectivity index (χ2n) is 3.67. The van der Waals surface area contributed by atoms with Gasteiger partial charge < -0.3 is 5.32 Å². The van der Waals surface area contributed by atoms with Crippen molar-refractivity contribution in [3.63, 3.8) is 0 Å². The quantitative estimate of drug-likeness (QED) is 0.787. The SMILES string of the molecule is N#CC1(C(=O)NCCC(F)(F)F)CCC1. The first-order chi connectivity index (χ1) is 6.90. The topological polar surface area (TPSA) is 52.9 Å². The van der Waals surface area contributed by atoms with Crippen molar-refractivity contribution in [1.29, 1.82) is 5.26 Å². The molecule has 1 rings (SSSR count). The number of rotatable bonds is 3. The highest BCUT2D eigenvalue weighted by atomic mass is 19.4. The highest BCUT2D eigenvalue weighted by molar-refractivity contribution is 5.86. The summed E-state index contributed by atoms with van der Waals surface area (Å²) in [6.07, 6.45) is -3.66. The molecular weight excluding hydrogens is 209 g/mol. The zero-order valence-electron chi connectivity index (χ0n) is 8.02. The van der Waals surface area contributed by atoms with Crippen LogP contribution in [0.4, 0.5) is 13.2 Å². The molecule has 3 nitrogen and oxygen atoms in total. The lowest BCUT2D eigenvalue weighted by atomic mass is 9.69. The zero-order chi connectivity index (χ0) is 11.5. The summed E-state index contributed by atoms with van der Waals surface area (Å²) in [4.78, 5) is 11.4. The van der Waals surface area contributed by atoms with E-state index in [1.54, 1.807) is 0 Å². The Kier molecular flexibility index (Phi) is 3.22. The van der Waals surface area contributed by atoms with Crippen molar-refractivity contribution in [3.8, 4) is 6.07 Å². The van der Waals surface area contributed by atoms with Crippen molar-refractivity contribution in [2.75, 3.05) is 6.54 Å². The average Bonchev–Trinajstić information content (AvgIpc) is 2.00. The molecule has 0 unspecified atom stereocenters. The summed E-state index contributed by atoms with van der Waals surface area (Å²) in [5.74, 6) is -0.569. The number of nitrogens with one attached hydrogen (secondary N) is 1. The van der Waals surface area contributed by atoms with Gasteiger partial charge in [0.1, 0.15) is 5.41 Å². The van der Waals surface area contributed by atoms with Crippen LogP contribution in [0.2, 0.25) is 0 Å². The van der Waals surface area contributed by atoms with E-state index in [9.17, 15) is 18.0 Å². The van der Waals surface area contributed by atoms with Crippen LogP contribution in [0.1, 0.15) is 25.7 Å². The van der Waals surface area contributed by atoms with Gasteiger partial charge in [-0.15, -0.1) is 0 Å². The van der Waals surface area contributed by atoms with E-state index in [0.717, 1.165) is 6.42 Å². The minimum absolute atomic E-state index is 0.446. The van der Waals surface area contributed by atoms with E-state index in [1.165, 1.54) is 0 Å². The van der Waals surface area contributed by atoms with Gasteiger partial charge in [0.05, 0.1) is 12.5 Å². The number of nitrogens with zero attached hydrogens (tertiary/aromatic N) is 1. The molecule has 0 saturated heterocycles. The number of carbonyl (C=O) groups excluding carboxylic acids is 1. The van der Waals surface area contributed by atoms with Crippen LogP contribution >= 0.6 is 0 Å². The van der Waals surface area contributed by atoms with Crippen LogP contribution in [0, 0.1) is 16.7 Å². The molecule has 0 bridgehead atoms. The van der Waals surface area contributed by atoms with Crippen molar-refractivity contribution in [2.24, 2.45) is 5.41 Å². The molecule has 1 amide bonds. The Balaban J connectivity index is 2.34. The van der Waals surface area contributed by atoms with E-state index in [0.29, 0.717) is 12.8 Å². The fraction of sp³-hybridized carbons (Fsp3) is 0.778. The molecule has 0 atom stereocenters. The van der Waals surface area contributed by atoms with E-state index in [2.05, 4.69) is 5.32 Å². The van der Waals surface area contributed by atoms with Gasteiger partial charge in [-0.25, -0.2) is 0 Å². The lowest BCUT2D eigenvalue weighted by Gasteiger charge is -2.33. The Morgan fingerprint density at radius 3 is 2.40 bits per heavy atom. The molecule has 1 aliphatic rings. The van der Waals surface area contributed by atoms with Gasteiger partial charge in [0.15, 0.2) is 0 Å². The van der Waals surface area contributed by atoms with Gasteiger partial charge in [0.2, 0.25) is 5.91 Å². The summed E-state index contributed by atoms with van der Waals surface area (Å²) in [6.45, 7) is -0.453. The molecule has 1 aliphatic carbocycles. The number of hydrogen-bond donors (Lipinski definition) is 1. The normalized spacial score (nSPS) is 18.8. The molecule has 15 heavy (non-hydrogen) atoms. The van der Waals surface area contributed by atoms with E-state index in [4.69, 9.17) is 5.26 Å². The molecule has 0 aromatic rings. The first-order valence-corrected chi connectivity index (χ1v) is 4.66. The summed E-state index contributed by atoms with van der Waals surface area (Å²) in [7, 11) is 0. The zero-order valence-corrected chi connectivity index (χ0v) is 8.02. The minimum atomic E-state index is -4.27. The summed E-state index contributed by atoms with van der Waals surface area (Å²) < 4.78 is 35.3. The summed E-state index contributed by atoms with van der Waals surface area (Å²) >= 11 is 0.